The third-order valence-electron chi connectivity index (χ3n) is 2.23. The van der Waals surface area contributed by atoms with Gasteiger partial charge in [0.15, 0.2) is 0 Å². The molecule has 0 atom stereocenters. The highest BCUT2D eigenvalue weighted by molar-refractivity contribution is 6.30. The molecule has 0 saturated heterocycles. The van der Waals surface area contributed by atoms with Gasteiger partial charge in [0, 0.05) is 0 Å². The smallest absolute Gasteiger partial charge is 0.402 e. The fraction of sp³-hybridized carbons (Fsp3) is 0.500. The van der Waals surface area contributed by atoms with Crippen LogP contribution in [0.5, 0.6) is 0 Å². The van der Waals surface area contributed by atoms with Crippen molar-refractivity contribution >= 4 is 7.32 Å². The molecule has 0 bridgehead atoms. The minimum atomic E-state index is -2.17. The van der Waals surface area contributed by atoms with Gasteiger partial charge in [0.2, 0.25) is 0 Å². The molecule has 0 amide bonds. The summed E-state index contributed by atoms with van der Waals surface area (Å²) in [4.78, 5) is 0. The number of rotatable bonds is 1. The SMILES string of the molecule is CC(C)(O)C(C)(C)O.Fc1ccccc1.OB(O)O. The summed E-state index contributed by atoms with van der Waals surface area (Å²) >= 11 is 0. The van der Waals surface area contributed by atoms with Crippen LogP contribution >= 0.6 is 0 Å². The van der Waals surface area contributed by atoms with E-state index in [0.29, 0.717) is 0 Å². The summed E-state index contributed by atoms with van der Waals surface area (Å²) in [6.45, 7) is 6.31. The lowest BCUT2D eigenvalue weighted by Crippen LogP contribution is -2.44. The minimum absolute atomic E-state index is 0.178. The number of hydrogen-bond donors (Lipinski definition) is 5. The first-order valence-electron chi connectivity index (χ1n) is 5.57. The highest BCUT2D eigenvalue weighted by Crippen LogP contribution is 2.19. The second kappa shape index (κ2) is 9.00. The Bertz CT molecular complexity index is 304. The van der Waals surface area contributed by atoms with Gasteiger partial charge in [0.1, 0.15) is 5.82 Å². The molecule has 5 nitrogen and oxygen atoms in total. The van der Waals surface area contributed by atoms with Crippen LogP contribution in [0.1, 0.15) is 27.7 Å². The molecule has 0 radical (unpaired) electrons. The predicted octanol–water partition coefficient (Wildman–Crippen LogP) is 0.302. The van der Waals surface area contributed by atoms with Crippen LogP contribution in [-0.4, -0.2) is 43.8 Å². The van der Waals surface area contributed by atoms with Crippen LogP contribution in [0.3, 0.4) is 0 Å². The molecule has 5 N–H and O–H groups in total. The summed E-state index contributed by atoms with van der Waals surface area (Å²) in [6.07, 6.45) is 0. The first-order valence-corrected chi connectivity index (χ1v) is 5.57. The van der Waals surface area contributed by atoms with Gasteiger partial charge >= 0.3 is 7.32 Å². The van der Waals surface area contributed by atoms with Gasteiger partial charge in [-0.1, -0.05) is 18.2 Å². The van der Waals surface area contributed by atoms with Gasteiger partial charge in [-0.15, -0.1) is 0 Å². The zero-order valence-electron chi connectivity index (χ0n) is 11.6. The fourth-order valence-corrected chi connectivity index (χ4v) is 0.415. The van der Waals surface area contributed by atoms with E-state index in [1.165, 1.54) is 12.1 Å². The first kappa shape index (κ1) is 20.3. The summed E-state index contributed by atoms with van der Waals surface area (Å²) in [7, 11) is -2.17. The summed E-state index contributed by atoms with van der Waals surface area (Å²) in [5, 5.41) is 39.7. The Hall–Kier alpha value is -0.985. The van der Waals surface area contributed by atoms with Crippen molar-refractivity contribution < 1.29 is 29.7 Å². The molecule has 110 valence electrons. The molecule has 0 heterocycles. The molecule has 0 aliphatic carbocycles. The number of benzene rings is 1. The van der Waals surface area contributed by atoms with Gasteiger partial charge in [-0.05, 0) is 39.8 Å². The topological polar surface area (TPSA) is 101 Å². The molecular formula is C12H22BFO5. The zero-order chi connectivity index (χ0) is 15.7. The van der Waals surface area contributed by atoms with Crippen molar-refractivity contribution in [1.29, 1.82) is 0 Å². The Kier molecular flexibility index (Phi) is 9.64. The van der Waals surface area contributed by atoms with E-state index in [2.05, 4.69) is 0 Å². The van der Waals surface area contributed by atoms with E-state index in [1.54, 1.807) is 45.9 Å². The van der Waals surface area contributed by atoms with E-state index in [-0.39, 0.29) is 5.82 Å². The molecular weight excluding hydrogens is 254 g/mol. The normalized spacial score (nSPS) is 10.6. The fourth-order valence-electron chi connectivity index (χ4n) is 0.415. The lowest BCUT2D eigenvalue weighted by atomic mass is 9.90. The van der Waals surface area contributed by atoms with E-state index in [0.717, 1.165) is 0 Å². The lowest BCUT2D eigenvalue weighted by Gasteiger charge is -2.31. The molecule has 0 aliphatic rings. The molecule has 1 aromatic carbocycles. The van der Waals surface area contributed by atoms with Gasteiger partial charge in [-0.2, -0.15) is 0 Å². The van der Waals surface area contributed by atoms with E-state index < -0.39 is 18.5 Å². The quantitative estimate of drug-likeness (QED) is 0.475. The Morgan fingerprint density at radius 1 is 0.842 bits per heavy atom. The third kappa shape index (κ3) is 15.0. The molecule has 0 saturated carbocycles. The van der Waals surface area contributed by atoms with Crippen LogP contribution in [0.25, 0.3) is 0 Å². The Morgan fingerprint density at radius 3 is 1.21 bits per heavy atom. The van der Waals surface area contributed by atoms with Crippen molar-refractivity contribution in [3.63, 3.8) is 0 Å². The summed E-state index contributed by atoms with van der Waals surface area (Å²) in [5.41, 5.74) is -2.01. The molecule has 1 rings (SSSR count). The van der Waals surface area contributed by atoms with Crippen molar-refractivity contribution in [3.05, 3.63) is 36.1 Å². The zero-order valence-corrected chi connectivity index (χ0v) is 11.6. The number of halogens is 1. The maximum atomic E-state index is 11.9. The van der Waals surface area contributed by atoms with Crippen molar-refractivity contribution in [3.8, 4) is 0 Å². The highest BCUT2D eigenvalue weighted by Gasteiger charge is 2.31. The standard InChI is InChI=1S/C6H5F.C6H14O2.BH3O3/c7-6-4-2-1-3-5-6;1-5(2,7)6(3,4)8;2-1(3)4/h1-5H;7-8H,1-4H3;2-4H. The molecule has 0 unspecified atom stereocenters. The van der Waals surface area contributed by atoms with Crippen molar-refractivity contribution in [2.75, 3.05) is 0 Å². The molecule has 0 aliphatic heterocycles. The second-order valence-corrected chi connectivity index (χ2v) is 4.76. The second-order valence-electron chi connectivity index (χ2n) is 4.76. The molecule has 19 heavy (non-hydrogen) atoms. The number of aliphatic hydroxyl groups is 2. The number of hydrogen-bond acceptors (Lipinski definition) is 5. The molecule has 0 aromatic heterocycles. The van der Waals surface area contributed by atoms with Crippen LogP contribution in [0.2, 0.25) is 0 Å². The van der Waals surface area contributed by atoms with Gasteiger partial charge < -0.3 is 25.3 Å². The lowest BCUT2D eigenvalue weighted by molar-refractivity contribution is -0.107. The maximum absolute atomic E-state index is 11.9. The Balaban J connectivity index is 0. The van der Waals surface area contributed by atoms with Crippen LogP contribution in [0, 0.1) is 5.82 Å². The van der Waals surface area contributed by atoms with E-state index in [9.17, 15) is 4.39 Å². The van der Waals surface area contributed by atoms with E-state index >= 15 is 0 Å². The monoisotopic (exact) mass is 276 g/mol. The predicted molar refractivity (Wildman–Crippen MR) is 71.4 cm³/mol. The average Bonchev–Trinajstić information content (AvgIpc) is 2.15. The van der Waals surface area contributed by atoms with Crippen LogP contribution in [0.15, 0.2) is 30.3 Å². The summed E-state index contributed by atoms with van der Waals surface area (Å²) in [6, 6.07) is 7.94. The van der Waals surface area contributed by atoms with Crippen molar-refractivity contribution in [2.24, 2.45) is 0 Å². The minimum Gasteiger partial charge on any atom is -0.402 e. The molecule has 7 heteroatoms. The van der Waals surface area contributed by atoms with Gasteiger partial charge in [0.05, 0.1) is 11.2 Å². The third-order valence-corrected chi connectivity index (χ3v) is 2.23. The van der Waals surface area contributed by atoms with Crippen LogP contribution in [-0.2, 0) is 0 Å². The summed E-state index contributed by atoms with van der Waals surface area (Å²) < 4.78 is 11.9. The van der Waals surface area contributed by atoms with E-state index in [4.69, 9.17) is 25.3 Å². The van der Waals surface area contributed by atoms with E-state index in [1.807, 2.05) is 0 Å². The molecule has 0 spiro atoms. The maximum Gasteiger partial charge on any atom is 0.631 e. The average molecular weight is 276 g/mol. The first-order chi connectivity index (χ1) is 8.38. The molecule has 1 aromatic rings. The van der Waals surface area contributed by atoms with Crippen molar-refractivity contribution in [1.82, 2.24) is 0 Å². The van der Waals surface area contributed by atoms with Gasteiger partial charge in [0.25, 0.3) is 0 Å². The van der Waals surface area contributed by atoms with Crippen LogP contribution in [0.4, 0.5) is 4.39 Å². The van der Waals surface area contributed by atoms with Gasteiger partial charge in [-0.25, -0.2) is 4.39 Å². The highest BCUT2D eigenvalue weighted by atomic mass is 19.1. The van der Waals surface area contributed by atoms with Crippen molar-refractivity contribution in [2.45, 2.75) is 38.9 Å². The van der Waals surface area contributed by atoms with Gasteiger partial charge in [-0.3, -0.25) is 0 Å². The molecule has 0 fully saturated rings. The van der Waals surface area contributed by atoms with Crippen LogP contribution < -0.4 is 0 Å². The Labute approximate surface area is 113 Å². The Morgan fingerprint density at radius 2 is 1.11 bits per heavy atom. The summed E-state index contributed by atoms with van der Waals surface area (Å²) in [5.74, 6) is -0.178. The largest absolute Gasteiger partial charge is 0.631 e.